The highest BCUT2D eigenvalue weighted by atomic mass is 32.2. The van der Waals surface area contributed by atoms with Crippen molar-refractivity contribution in [3.8, 4) is 11.5 Å². The van der Waals surface area contributed by atoms with E-state index in [9.17, 15) is 13.2 Å². The third kappa shape index (κ3) is 3.83. The Morgan fingerprint density at radius 1 is 1.00 bits per heavy atom. The molecule has 2 fully saturated rings. The molecule has 0 N–H and O–H groups in total. The van der Waals surface area contributed by atoms with Crippen molar-refractivity contribution in [3.05, 3.63) is 18.2 Å². The van der Waals surface area contributed by atoms with E-state index in [2.05, 4.69) is 4.90 Å². The molecule has 1 aromatic carbocycles. The number of piperidine rings is 1. The number of piperazine rings is 1. The van der Waals surface area contributed by atoms with Crippen molar-refractivity contribution in [2.75, 3.05) is 52.9 Å². The van der Waals surface area contributed by atoms with Gasteiger partial charge in [0.15, 0.2) is 11.5 Å². The fourth-order valence-corrected chi connectivity index (χ4v) is 5.27. The molecular weight excluding hydrogens is 382 g/mol. The second-order valence-electron chi connectivity index (χ2n) is 7.62. The van der Waals surface area contributed by atoms with E-state index in [1.54, 1.807) is 6.07 Å². The van der Waals surface area contributed by atoms with Gasteiger partial charge in [0.05, 0.1) is 4.90 Å². The first-order chi connectivity index (χ1) is 13.4. The monoisotopic (exact) mass is 409 g/mol. The summed E-state index contributed by atoms with van der Waals surface area (Å²) in [5.41, 5.74) is 0. The Morgan fingerprint density at radius 3 is 2.43 bits per heavy atom. The third-order valence-electron chi connectivity index (χ3n) is 5.62. The molecule has 4 rings (SSSR count). The van der Waals surface area contributed by atoms with Gasteiger partial charge >= 0.3 is 0 Å². The lowest BCUT2D eigenvalue weighted by Crippen LogP contribution is -2.48. The second-order valence-corrected chi connectivity index (χ2v) is 9.56. The fourth-order valence-electron chi connectivity index (χ4n) is 3.83. The number of sulfonamides is 1. The smallest absolute Gasteiger partial charge is 0.267 e. The topological polar surface area (TPSA) is 79.4 Å². The number of likely N-dealkylation sites (N-methyl/N-ethyl adjacent to an activating group) is 1. The van der Waals surface area contributed by atoms with Crippen LogP contribution in [0.3, 0.4) is 0 Å². The van der Waals surface area contributed by atoms with Crippen LogP contribution >= 0.6 is 0 Å². The van der Waals surface area contributed by atoms with Crippen LogP contribution in [0.15, 0.2) is 23.1 Å². The van der Waals surface area contributed by atoms with Crippen molar-refractivity contribution in [3.63, 3.8) is 0 Å². The summed E-state index contributed by atoms with van der Waals surface area (Å²) in [6, 6.07) is 4.63. The van der Waals surface area contributed by atoms with Crippen molar-refractivity contribution in [2.24, 2.45) is 0 Å². The van der Waals surface area contributed by atoms with E-state index in [1.807, 2.05) is 11.9 Å². The average Bonchev–Trinajstić information content (AvgIpc) is 2.73. The van der Waals surface area contributed by atoms with E-state index < -0.39 is 16.1 Å². The summed E-state index contributed by atoms with van der Waals surface area (Å²) >= 11 is 0. The van der Waals surface area contributed by atoms with Gasteiger partial charge in [-0.05, 0) is 38.4 Å². The van der Waals surface area contributed by atoms with Crippen LogP contribution in [0.1, 0.15) is 19.3 Å². The molecule has 0 spiro atoms. The van der Waals surface area contributed by atoms with Crippen LogP contribution in [0.5, 0.6) is 11.5 Å². The zero-order chi connectivity index (χ0) is 19.7. The van der Waals surface area contributed by atoms with Crippen molar-refractivity contribution >= 4 is 15.9 Å². The summed E-state index contributed by atoms with van der Waals surface area (Å²) in [6.07, 6.45) is 2.51. The minimum Gasteiger partial charge on any atom is -0.485 e. The molecule has 3 heterocycles. The molecule has 0 bridgehead atoms. The maximum atomic E-state index is 12.9. The summed E-state index contributed by atoms with van der Waals surface area (Å²) < 4.78 is 38.9. The second kappa shape index (κ2) is 7.88. The predicted octanol–water partition coefficient (Wildman–Crippen LogP) is 0.775. The lowest BCUT2D eigenvalue weighted by Gasteiger charge is -2.33. The number of carbonyl (C=O) groups excluding carboxylic acids is 1. The minimum absolute atomic E-state index is 0.0560. The lowest BCUT2D eigenvalue weighted by molar-refractivity contribution is -0.142. The number of likely N-dealkylation sites (tertiary alicyclic amines) is 1. The number of ether oxygens (including phenoxy) is 2. The molecular formula is C19H27N3O5S. The Bertz CT molecular complexity index is 830. The first-order valence-electron chi connectivity index (χ1n) is 9.86. The number of benzene rings is 1. The number of fused-ring (bicyclic) bond motifs is 1. The molecule has 28 heavy (non-hydrogen) atoms. The summed E-state index contributed by atoms with van der Waals surface area (Å²) in [6.45, 7) is 3.98. The largest absolute Gasteiger partial charge is 0.485 e. The quantitative estimate of drug-likeness (QED) is 0.734. The Kier molecular flexibility index (Phi) is 5.48. The maximum Gasteiger partial charge on any atom is 0.267 e. The van der Waals surface area contributed by atoms with Gasteiger partial charge < -0.3 is 19.3 Å². The van der Waals surface area contributed by atoms with Gasteiger partial charge in [-0.1, -0.05) is 0 Å². The number of hydrogen-bond donors (Lipinski definition) is 0. The van der Waals surface area contributed by atoms with Gasteiger partial charge in [0.1, 0.15) is 6.61 Å². The average molecular weight is 410 g/mol. The van der Waals surface area contributed by atoms with Gasteiger partial charge in [0.2, 0.25) is 16.1 Å². The molecule has 0 radical (unpaired) electrons. The Balaban J connectivity index is 1.47. The first kappa shape index (κ1) is 19.5. The summed E-state index contributed by atoms with van der Waals surface area (Å²) in [5.74, 6) is 0.733. The van der Waals surface area contributed by atoms with Gasteiger partial charge in [-0.2, -0.15) is 4.31 Å². The molecule has 3 aliphatic rings. The zero-order valence-corrected chi connectivity index (χ0v) is 17.0. The molecule has 154 valence electrons. The molecule has 2 saturated heterocycles. The number of amides is 1. The van der Waals surface area contributed by atoms with Crippen LogP contribution in [0.4, 0.5) is 0 Å². The number of rotatable bonds is 3. The maximum absolute atomic E-state index is 12.9. The first-order valence-corrected chi connectivity index (χ1v) is 11.3. The fraction of sp³-hybridized carbons (Fsp3) is 0.632. The van der Waals surface area contributed by atoms with E-state index in [0.717, 1.165) is 32.4 Å². The molecule has 0 aromatic heterocycles. The summed E-state index contributed by atoms with van der Waals surface area (Å²) in [5, 5.41) is 0. The van der Waals surface area contributed by atoms with Crippen molar-refractivity contribution in [1.29, 1.82) is 0 Å². The normalized spacial score (nSPS) is 24.2. The Morgan fingerprint density at radius 2 is 1.71 bits per heavy atom. The summed E-state index contributed by atoms with van der Waals surface area (Å²) in [4.78, 5) is 16.8. The van der Waals surface area contributed by atoms with E-state index in [4.69, 9.17) is 9.47 Å². The highest BCUT2D eigenvalue weighted by Crippen LogP contribution is 2.35. The Hall–Kier alpha value is -1.84. The standard InChI is InChI=1S/C19H27N3O5S/c1-20-9-11-22(12-10-20)28(24,25)15-5-6-16-17(13-15)26-14-18(27-16)19(23)21-7-3-2-4-8-21/h5-6,13,18H,2-4,7-12,14H2,1H3/t18-/m0/s1. The van der Waals surface area contributed by atoms with E-state index in [1.165, 1.54) is 16.4 Å². The molecule has 3 aliphatic heterocycles. The molecule has 1 atom stereocenters. The highest BCUT2D eigenvalue weighted by molar-refractivity contribution is 7.89. The molecule has 1 amide bonds. The van der Waals surface area contributed by atoms with Crippen molar-refractivity contribution < 1.29 is 22.7 Å². The Labute approximate surface area is 166 Å². The predicted molar refractivity (Wildman–Crippen MR) is 103 cm³/mol. The van der Waals surface area contributed by atoms with Crippen LogP contribution in [-0.4, -0.2) is 87.5 Å². The van der Waals surface area contributed by atoms with E-state index in [-0.39, 0.29) is 17.4 Å². The van der Waals surface area contributed by atoms with Gasteiger partial charge in [-0.15, -0.1) is 0 Å². The van der Waals surface area contributed by atoms with Crippen molar-refractivity contribution in [2.45, 2.75) is 30.3 Å². The lowest BCUT2D eigenvalue weighted by atomic mass is 10.1. The van der Waals surface area contributed by atoms with Crippen LogP contribution in [-0.2, 0) is 14.8 Å². The van der Waals surface area contributed by atoms with E-state index >= 15 is 0 Å². The molecule has 0 unspecified atom stereocenters. The molecule has 9 heteroatoms. The molecule has 1 aromatic rings. The van der Waals surface area contributed by atoms with Gasteiger partial charge in [0, 0.05) is 45.3 Å². The summed E-state index contributed by atoms with van der Waals surface area (Å²) in [7, 11) is -1.59. The van der Waals surface area contributed by atoms with E-state index in [0.29, 0.717) is 37.7 Å². The number of hydrogen-bond acceptors (Lipinski definition) is 6. The van der Waals surface area contributed by atoms with Crippen LogP contribution < -0.4 is 9.47 Å². The molecule has 0 aliphatic carbocycles. The third-order valence-corrected chi connectivity index (χ3v) is 7.51. The SMILES string of the molecule is CN1CCN(S(=O)(=O)c2ccc3c(c2)OC[C@@H](C(=O)N2CCCCC2)O3)CC1. The molecule has 8 nitrogen and oxygen atoms in total. The minimum atomic E-state index is -3.57. The van der Waals surface area contributed by atoms with Crippen LogP contribution in [0.25, 0.3) is 0 Å². The van der Waals surface area contributed by atoms with Crippen molar-refractivity contribution in [1.82, 2.24) is 14.1 Å². The van der Waals surface area contributed by atoms with Crippen LogP contribution in [0.2, 0.25) is 0 Å². The van der Waals surface area contributed by atoms with Gasteiger partial charge in [0.25, 0.3) is 5.91 Å². The van der Waals surface area contributed by atoms with Gasteiger partial charge in [-0.3, -0.25) is 4.79 Å². The highest BCUT2D eigenvalue weighted by Gasteiger charge is 2.33. The van der Waals surface area contributed by atoms with Gasteiger partial charge in [-0.25, -0.2) is 8.42 Å². The number of carbonyl (C=O) groups is 1. The van der Waals surface area contributed by atoms with Crippen LogP contribution in [0, 0.1) is 0 Å². The zero-order valence-electron chi connectivity index (χ0n) is 16.2. The molecule has 0 saturated carbocycles. The number of nitrogens with zero attached hydrogens (tertiary/aromatic N) is 3.